The molecule has 9 unspecified atom stereocenters. The minimum absolute atomic E-state index is 0.0102. The number of nitrogens with one attached hydrogen (secondary N) is 1. The average Bonchev–Trinajstić information content (AvgIpc) is 3.65. The highest BCUT2D eigenvalue weighted by molar-refractivity contribution is 7.60. The first-order valence-corrected chi connectivity index (χ1v) is 19.0. The summed E-state index contributed by atoms with van der Waals surface area (Å²) in [5.41, 5.74) is 5.82. The molecule has 9 N–H and O–H groups in total. The third kappa shape index (κ3) is 8.29. The highest BCUT2D eigenvalue weighted by Crippen LogP contribution is 2.60. The molecule has 0 aliphatic carbocycles. The second-order valence-corrected chi connectivity index (χ2v) is 15.6. The number of phosphoric ester groups is 1. The minimum atomic E-state index is -5.90. The topological polar surface area (TPSA) is 369 Å². The number of aliphatic hydroxyl groups excluding tert-OH is 5. The molecule has 3 aromatic rings. The fraction of sp³-hybridized carbons (Fsp3) is 0.464. The summed E-state index contributed by atoms with van der Waals surface area (Å²) in [4.78, 5) is 69.6. The van der Waals surface area contributed by atoms with Gasteiger partial charge >= 0.3 is 13.5 Å². The predicted molar refractivity (Wildman–Crippen MR) is 184 cm³/mol. The standard InChI is InChI=1S/C28H36N10O15P2/c1-11-4-12-14(5-13(11)36(2)3)37(25-19(33-12)26(44)35-28(45)34-25)6-15(39)20(41)16(40)7-50-55(49,53-54(46,47)48)51-8-17-21(42)22(43)27(52-17)38-10-32-18-23(29)30-9-31-24(18)38/h4-5,9-10,15-17,20-22,27,39-43H,6-8H2,1-3H3,(H2,29,30,31)(H,35,44,45)(H2,46,47,48)/p-1. The number of benzene rings is 1. The van der Waals surface area contributed by atoms with Gasteiger partial charge in [0.05, 0.1) is 37.1 Å². The normalized spacial score (nSPS) is 22.8. The van der Waals surface area contributed by atoms with Gasteiger partial charge in [-0.25, -0.2) is 33.6 Å². The van der Waals surface area contributed by atoms with Gasteiger partial charge in [0, 0.05) is 19.8 Å². The number of nitrogen functional groups attached to an aromatic ring is 1. The Morgan fingerprint density at radius 1 is 1.07 bits per heavy atom. The van der Waals surface area contributed by atoms with Crippen LogP contribution in [0.2, 0.25) is 0 Å². The van der Waals surface area contributed by atoms with Crippen LogP contribution in [0.5, 0.6) is 0 Å². The largest absolute Gasteiger partial charge is 0.756 e. The number of aromatic nitrogens is 8. The van der Waals surface area contributed by atoms with Crippen LogP contribution < -0.4 is 26.8 Å². The molecule has 55 heavy (non-hydrogen) atoms. The lowest BCUT2D eigenvalue weighted by Crippen LogP contribution is -2.42. The number of imidazole rings is 1. The smallest absolute Gasteiger partial charge is 0.481 e. The summed E-state index contributed by atoms with van der Waals surface area (Å²) in [6, 6.07) is 3.28. The van der Waals surface area contributed by atoms with Gasteiger partial charge < -0.3 is 55.3 Å². The maximum Gasteiger partial charge on any atom is 0.481 e. The van der Waals surface area contributed by atoms with Crippen LogP contribution in [0.15, 0.2) is 34.4 Å². The zero-order valence-corrected chi connectivity index (χ0v) is 30.7. The van der Waals surface area contributed by atoms with E-state index in [1.807, 2.05) is 4.98 Å². The molecule has 1 saturated heterocycles. The Labute approximate surface area is 307 Å². The van der Waals surface area contributed by atoms with Crippen molar-refractivity contribution in [2.45, 2.75) is 56.3 Å². The molecule has 1 fully saturated rings. The van der Waals surface area contributed by atoms with Crippen molar-refractivity contribution in [1.29, 1.82) is 0 Å². The first-order valence-electron chi connectivity index (χ1n) is 16.0. The fourth-order valence-corrected chi connectivity index (χ4v) is 8.07. The molecule has 2 aromatic heterocycles. The van der Waals surface area contributed by atoms with E-state index in [2.05, 4.69) is 29.2 Å². The summed E-state index contributed by atoms with van der Waals surface area (Å²) in [6.07, 6.45) is -10.3. The van der Waals surface area contributed by atoms with Crippen molar-refractivity contribution in [1.82, 2.24) is 39.0 Å². The average molecular weight is 814 g/mol. The number of rotatable bonds is 14. The van der Waals surface area contributed by atoms with Crippen LogP contribution in [-0.2, 0) is 33.8 Å². The van der Waals surface area contributed by atoms with Crippen molar-refractivity contribution in [2.75, 3.05) is 37.9 Å². The lowest BCUT2D eigenvalue weighted by Gasteiger charge is -2.28. The Balaban J connectivity index is 1.18. The number of aromatic amines is 1. The summed E-state index contributed by atoms with van der Waals surface area (Å²) in [6.45, 7) is -1.09. The van der Waals surface area contributed by atoms with Gasteiger partial charge in [0.2, 0.25) is 0 Å². The third-order valence-electron chi connectivity index (χ3n) is 8.57. The van der Waals surface area contributed by atoms with Crippen LogP contribution in [-0.4, -0.2) is 133 Å². The number of anilines is 2. The first kappa shape index (κ1) is 40.3. The molecule has 3 aliphatic heterocycles. The third-order valence-corrected chi connectivity index (χ3v) is 11.1. The number of aliphatic hydroxyl groups is 5. The van der Waals surface area contributed by atoms with Crippen molar-refractivity contribution in [3.05, 3.63) is 51.2 Å². The number of nitrogens with two attached hydrogens (primary N) is 1. The molecule has 0 saturated carbocycles. The summed E-state index contributed by atoms with van der Waals surface area (Å²) in [7, 11) is -7.84. The molecular weight excluding hydrogens is 778 g/mol. The fourth-order valence-electron chi connectivity index (χ4n) is 5.95. The second-order valence-electron chi connectivity index (χ2n) is 12.6. The van der Waals surface area contributed by atoms with E-state index in [4.69, 9.17) is 19.5 Å². The van der Waals surface area contributed by atoms with E-state index in [1.165, 1.54) is 15.5 Å². The van der Waals surface area contributed by atoms with Gasteiger partial charge in [0.1, 0.15) is 48.5 Å². The Morgan fingerprint density at radius 2 is 1.80 bits per heavy atom. The highest BCUT2D eigenvalue weighted by Gasteiger charge is 2.46. The van der Waals surface area contributed by atoms with Crippen LogP contribution in [0.4, 0.5) is 11.5 Å². The molecule has 27 heteroatoms. The molecule has 6 rings (SSSR count). The minimum Gasteiger partial charge on any atom is -0.756 e. The predicted octanol–water partition coefficient (Wildman–Crippen LogP) is -3.30. The van der Waals surface area contributed by atoms with E-state index in [1.54, 1.807) is 38.1 Å². The Hall–Kier alpha value is -4.33. The van der Waals surface area contributed by atoms with Gasteiger partial charge in [-0.1, -0.05) is 0 Å². The number of aryl methyl sites for hydroxylation is 1. The SMILES string of the molecule is Cc1cc2nc3c(=O)[nH]c(=O)nc-3n(CC(O)C(O)C(O)COP(=O)(OCC3OC(n4cnc5c(N)ncnc54)C(O)C3O)OP(=O)([O-])O)c2cc1N(C)C. The zero-order valence-electron chi connectivity index (χ0n) is 28.9. The Bertz CT molecular complexity index is 2400. The number of phosphoric acid groups is 2. The van der Waals surface area contributed by atoms with E-state index >= 15 is 0 Å². The summed E-state index contributed by atoms with van der Waals surface area (Å²) in [5.74, 6) is -0.259. The molecular formula is C28H35N10O15P2-. The summed E-state index contributed by atoms with van der Waals surface area (Å²) >= 11 is 0. The Kier molecular flexibility index (Phi) is 11.2. The number of nitrogens with zero attached hydrogens (tertiary/aromatic N) is 8. The molecule has 0 bridgehead atoms. The van der Waals surface area contributed by atoms with E-state index in [0.717, 1.165) is 11.9 Å². The van der Waals surface area contributed by atoms with Gasteiger partial charge in [0.25, 0.3) is 13.4 Å². The maximum absolute atomic E-state index is 13.4. The van der Waals surface area contributed by atoms with Gasteiger partial charge in [0.15, 0.2) is 29.2 Å². The number of H-pyrrole nitrogens is 1. The molecule has 5 heterocycles. The second kappa shape index (κ2) is 15.3. The molecule has 1 aromatic carbocycles. The lowest BCUT2D eigenvalue weighted by atomic mass is 10.1. The van der Waals surface area contributed by atoms with E-state index in [0.29, 0.717) is 5.69 Å². The van der Waals surface area contributed by atoms with Crippen LogP contribution in [0, 0.1) is 6.92 Å². The molecule has 298 valence electrons. The van der Waals surface area contributed by atoms with Crippen LogP contribution in [0.3, 0.4) is 0 Å². The molecule has 3 aliphatic rings. The number of ether oxygens (including phenoxy) is 1. The van der Waals surface area contributed by atoms with Gasteiger partial charge in [-0.2, -0.15) is 4.98 Å². The van der Waals surface area contributed by atoms with Crippen LogP contribution in [0.1, 0.15) is 11.8 Å². The molecule has 9 atom stereocenters. The van der Waals surface area contributed by atoms with E-state index in [-0.39, 0.29) is 39.5 Å². The van der Waals surface area contributed by atoms with Crippen molar-refractivity contribution in [2.24, 2.45) is 0 Å². The van der Waals surface area contributed by atoms with Gasteiger partial charge in [-0.05, 0) is 24.6 Å². The van der Waals surface area contributed by atoms with E-state index in [9.17, 15) is 54.0 Å². The molecule has 0 amide bonds. The monoisotopic (exact) mass is 813 g/mol. The van der Waals surface area contributed by atoms with Crippen molar-refractivity contribution >= 4 is 49.3 Å². The summed E-state index contributed by atoms with van der Waals surface area (Å²) < 4.78 is 47.1. The Morgan fingerprint density at radius 3 is 2.49 bits per heavy atom. The van der Waals surface area contributed by atoms with Crippen molar-refractivity contribution in [3.63, 3.8) is 0 Å². The number of fused-ring (bicyclic) bond motifs is 3. The summed E-state index contributed by atoms with van der Waals surface area (Å²) in [5, 5.41) is 54.0. The first-order chi connectivity index (χ1) is 25.8. The van der Waals surface area contributed by atoms with Gasteiger partial charge in [-0.15, -0.1) is 0 Å². The van der Waals surface area contributed by atoms with Crippen molar-refractivity contribution in [3.8, 4) is 11.5 Å². The molecule has 0 radical (unpaired) electrons. The number of hydrogen-bond acceptors (Lipinski definition) is 21. The number of hydrogen-bond donors (Lipinski definition) is 8. The molecule has 0 spiro atoms. The molecule has 25 nitrogen and oxygen atoms in total. The van der Waals surface area contributed by atoms with Crippen LogP contribution in [0.25, 0.3) is 33.7 Å². The van der Waals surface area contributed by atoms with Gasteiger partial charge in [-0.3, -0.25) is 28.0 Å². The highest BCUT2D eigenvalue weighted by atomic mass is 31.3. The quantitative estimate of drug-likeness (QED) is 0.0402. The maximum atomic E-state index is 13.4. The van der Waals surface area contributed by atoms with Crippen molar-refractivity contribution < 1.29 is 62.5 Å². The lowest BCUT2D eigenvalue weighted by molar-refractivity contribution is -0.213. The van der Waals surface area contributed by atoms with E-state index < -0.39 is 89.5 Å². The zero-order chi connectivity index (χ0) is 40.1. The van der Waals surface area contributed by atoms with Crippen LogP contribution >= 0.6 is 15.6 Å².